The Labute approximate surface area is 121 Å². The van der Waals surface area contributed by atoms with E-state index in [-0.39, 0.29) is 0 Å². The molecule has 0 saturated carbocycles. The number of pyridine rings is 1. The summed E-state index contributed by atoms with van der Waals surface area (Å²) >= 11 is 0. The highest BCUT2D eigenvalue weighted by molar-refractivity contribution is 5.55. The van der Waals surface area contributed by atoms with Crippen molar-refractivity contribution < 1.29 is 14.0 Å². The van der Waals surface area contributed by atoms with Crippen molar-refractivity contribution in [1.29, 1.82) is 5.26 Å². The summed E-state index contributed by atoms with van der Waals surface area (Å²) in [4.78, 5) is 8.42. The van der Waals surface area contributed by atoms with Crippen LogP contribution in [0, 0.1) is 11.3 Å². The van der Waals surface area contributed by atoms with Crippen LogP contribution < -0.4 is 4.74 Å². The molecule has 0 N–H and O–H groups in total. The Morgan fingerprint density at radius 2 is 2.19 bits per heavy atom. The van der Waals surface area contributed by atoms with Gasteiger partial charge in [-0.1, -0.05) is 5.16 Å². The highest BCUT2D eigenvalue weighted by Gasteiger charge is 2.40. The third-order valence-electron chi connectivity index (χ3n) is 3.60. The average molecular weight is 286 g/mol. The largest absolute Gasteiger partial charge is 0.481 e. The fourth-order valence-electron chi connectivity index (χ4n) is 2.29. The molecular weight excluding hydrogens is 272 g/mol. The maximum atomic E-state index is 9.49. The van der Waals surface area contributed by atoms with Gasteiger partial charge in [0.25, 0.3) is 0 Å². The van der Waals surface area contributed by atoms with E-state index in [4.69, 9.17) is 14.0 Å². The first-order chi connectivity index (χ1) is 10.3. The Morgan fingerprint density at radius 3 is 2.90 bits per heavy atom. The quantitative estimate of drug-likeness (QED) is 0.847. The number of nitriles is 1. The highest BCUT2D eigenvalue weighted by Crippen LogP contribution is 2.34. The van der Waals surface area contributed by atoms with Crippen LogP contribution in [0.25, 0.3) is 11.4 Å². The second kappa shape index (κ2) is 5.50. The molecule has 1 fully saturated rings. The molecule has 7 nitrogen and oxygen atoms in total. The summed E-state index contributed by atoms with van der Waals surface area (Å²) in [5.74, 6) is 1.24. The summed E-state index contributed by atoms with van der Waals surface area (Å²) in [5.41, 5.74) is -0.0161. The van der Waals surface area contributed by atoms with Crippen LogP contribution in [0.3, 0.4) is 0 Å². The number of rotatable bonds is 3. The molecule has 3 rings (SSSR count). The van der Waals surface area contributed by atoms with Crippen LogP contribution in [0.1, 0.15) is 18.7 Å². The Morgan fingerprint density at radius 1 is 1.38 bits per heavy atom. The minimum absolute atomic E-state index is 0.346. The molecule has 0 radical (unpaired) electrons. The number of methoxy groups -OCH3 is 1. The van der Waals surface area contributed by atoms with E-state index >= 15 is 0 Å². The monoisotopic (exact) mass is 286 g/mol. The predicted octanol–water partition coefficient (Wildman–Crippen LogP) is 1.71. The maximum Gasteiger partial charge on any atom is 0.247 e. The molecule has 7 heteroatoms. The van der Waals surface area contributed by atoms with Crippen LogP contribution in [0.15, 0.2) is 22.9 Å². The van der Waals surface area contributed by atoms with Gasteiger partial charge < -0.3 is 14.0 Å². The molecule has 0 bridgehead atoms. The molecule has 1 saturated heterocycles. The Balaban J connectivity index is 1.94. The van der Waals surface area contributed by atoms with Crippen molar-refractivity contribution in [3.8, 4) is 23.3 Å². The summed E-state index contributed by atoms with van der Waals surface area (Å²) in [6, 6.07) is 5.79. The van der Waals surface area contributed by atoms with E-state index in [1.807, 2.05) is 0 Å². The lowest BCUT2D eigenvalue weighted by Crippen LogP contribution is -2.32. The Hall–Kier alpha value is -2.46. The first-order valence-electron chi connectivity index (χ1n) is 6.61. The van der Waals surface area contributed by atoms with Crippen molar-refractivity contribution in [2.45, 2.75) is 18.3 Å². The van der Waals surface area contributed by atoms with Crippen LogP contribution in [0.2, 0.25) is 0 Å². The fourth-order valence-corrected chi connectivity index (χ4v) is 2.29. The molecule has 0 atom stereocenters. The van der Waals surface area contributed by atoms with Crippen molar-refractivity contribution in [2.24, 2.45) is 0 Å². The maximum absolute atomic E-state index is 9.49. The fraction of sp³-hybridized carbons (Fsp3) is 0.429. The zero-order valence-electron chi connectivity index (χ0n) is 11.6. The van der Waals surface area contributed by atoms with Gasteiger partial charge in [-0.05, 0) is 18.9 Å². The lowest BCUT2D eigenvalue weighted by atomic mass is 9.82. The first kappa shape index (κ1) is 13.5. The minimum atomic E-state index is -0.749. The van der Waals surface area contributed by atoms with Gasteiger partial charge in [-0.25, -0.2) is 4.98 Å². The van der Waals surface area contributed by atoms with Gasteiger partial charge in [-0.15, -0.1) is 0 Å². The normalized spacial score (nSPS) is 17.1. The number of nitrogens with zero attached hydrogens (tertiary/aromatic N) is 4. The molecule has 0 unspecified atom stereocenters. The standard InChI is InChI=1S/C14H14N4O3/c1-19-11-8-10(2-5-16-11)12-17-13(21-18-12)14(9-15)3-6-20-7-4-14/h2,5,8H,3-4,6-7H2,1H3. The van der Waals surface area contributed by atoms with Gasteiger partial charge in [-0.3, -0.25) is 0 Å². The van der Waals surface area contributed by atoms with Crippen LogP contribution >= 0.6 is 0 Å². The van der Waals surface area contributed by atoms with Gasteiger partial charge in [0.05, 0.1) is 13.2 Å². The highest BCUT2D eigenvalue weighted by atomic mass is 16.5. The van der Waals surface area contributed by atoms with Gasteiger partial charge in [0.2, 0.25) is 17.6 Å². The SMILES string of the molecule is COc1cc(-c2noc(C3(C#N)CCOCC3)n2)ccn1. The summed E-state index contributed by atoms with van der Waals surface area (Å²) in [6.45, 7) is 1.04. The van der Waals surface area contributed by atoms with Crippen LogP contribution in [0.5, 0.6) is 5.88 Å². The summed E-state index contributed by atoms with van der Waals surface area (Å²) in [6.07, 6.45) is 2.73. The van der Waals surface area contributed by atoms with E-state index in [0.717, 1.165) is 5.56 Å². The molecule has 1 aliphatic rings. The molecule has 2 aromatic heterocycles. The Bertz CT molecular complexity index is 671. The molecule has 2 aromatic rings. The van der Waals surface area contributed by atoms with Crippen molar-refractivity contribution in [2.75, 3.05) is 20.3 Å². The molecule has 108 valence electrons. The summed E-state index contributed by atoms with van der Waals surface area (Å²) in [7, 11) is 1.54. The molecule has 3 heterocycles. The van der Waals surface area contributed by atoms with E-state index in [2.05, 4.69) is 21.2 Å². The zero-order chi connectivity index (χ0) is 14.7. The summed E-state index contributed by atoms with van der Waals surface area (Å²) in [5, 5.41) is 13.5. The number of hydrogen-bond donors (Lipinski definition) is 0. The molecule has 0 aliphatic carbocycles. The Kier molecular flexibility index (Phi) is 3.54. The lowest BCUT2D eigenvalue weighted by molar-refractivity contribution is 0.0574. The van der Waals surface area contributed by atoms with E-state index in [1.165, 1.54) is 0 Å². The van der Waals surface area contributed by atoms with Crippen molar-refractivity contribution >= 4 is 0 Å². The van der Waals surface area contributed by atoms with Gasteiger partial charge in [0, 0.05) is 31.0 Å². The van der Waals surface area contributed by atoms with Crippen LogP contribution in [-0.2, 0) is 10.2 Å². The minimum Gasteiger partial charge on any atom is -0.481 e. The van der Waals surface area contributed by atoms with Crippen molar-refractivity contribution in [3.05, 3.63) is 24.2 Å². The van der Waals surface area contributed by atoms with E-state index in [1.54, 1.807) is 25.4 Å². The average Bonchev–Trinajstić information content (AvgIpc) is 3.06. The first-order valence-corrected chi connectivity index (χ1v) is 6.61. The number of aromatic nitrogens is 3. The molecule has 0 spiro atoms. The van der Waals surface area contributed by atoms with Crippen LogP contribution in [-0.4, -0.2) is 35.4 Å². The molecular formula is C14H14N4O3. The zero-order valence-corrected chi connectivity index (χ0v) is 11.6. The lowest BCUT2D eigenvalue weighted by Gasteiger charge is -2.26. The summed E-state index contributed by atoms with van der Waals surface area (Å²) < 4.78 is 15.7. The third-order valence-corrected chi connectivity index (χ3v) is 3.60. The molecule has 0 aromatic carbocycles. The van der Waals surface area contributed by atoms with E-state index in [0.29, 0.717) is 43.7 Å². The number of hydrogen-bond acceptors (Lipinski definition) is 7. The van der Waals surface area contributed by atoms with Gasteiger partial charge in [-0.2, -0.15) is 10.2 Å². The van der Waals surface area contributed by atoms with E-state index in [9.17, 15) is 5.26 Å². The topological polar surface area (TPSA) is 94.1 Å². The molecule has 0 amide bonds. The van der Waals surface area contributed by atoms with Gasteiger partial charge >= 0.3 is 0 Å². The smallest absolute Gasteiger partial charge is 0.247 e. The molecule has 1 aliphatic heterocycles. The van der Waals surface area contributed by atoms with Gasteiger partial charge in [0.1, 0.15) is 5.41 Å². The van der Waals surface area contributed by atoms with Crippen LogP contribution in [0.4, 0.5) is 0 Å². The predicted molar refractivity (Wildman–Crippen MR) is 71.4 cm³/mol. The van der Waals surface area contributed by atoms with E-state index < -0.39 is 5.41 Å². The second-order valence-electron chi connectivity index (χ2n) is 4.82. The second-order valence-corrected chi connectivity index (χ2v) is 4.82. The molecule has 21 heavy (non-hydrogen) atoms. The number of ether oxygens (including phenoxy) is 2. The van der Waals surface area contributed by atoms with Gasteiger partial charge in [0.15, 0.2) is 0 Å². The third kappa shape index (κ3) is 2.45. The van der Waals surface area contributed by atoms with Crippen molar-refractivity contribution in [3.63, 3.8) is 0 Å². The van der Waals surface area contributed by atoms with Crippen molar-refractivity contribution in [1.82, 2.24) is 15.1 Å².